The van der Waals surface area contributed by atoms with Crippen LogP contribution in [0.5, 0.6) is 11.5 Å². The SMILES string of the molecule is COc1cc(CC(=O)Nc2cccc(-c3cccc4ccccc34)c2)ccc1OCCN. The van der Waals surface area contributed by atoms with E-state index in [0.717, 1.165) is 22.4 Å². The lowest BCUT2D eigenvalue weighted by molar-refractivity contribution is -0.115. The van der Waals surface area contributed by atoms with E-state index in [1.807, 2.05) is 42.5 Å². The van der Waals surface area contributed by atoms with Crippen LogP contribution in [0.15, 0.2) is 84.9 Å². The minimum Gasteiger partial charge on any atom is -0.493 e. The minimum atomic E-state index is -0.0993. The number of anilines is 1. The highest BCUT2D eigenvalue weighted by atomic mass is 16.5. The normalized spacial score (nSPS) is 10.7. The fourth-order valence-corrected chi connectivity index (χ4v) is 3.74. The van der Waals surface area contributed by atoms with Crippen molar-refractivity contribution in [3.05, 3.63) is 90.5 Å². The van der Waals surface area contributed by atoms with Crippen LogP contribution >= 0.6 is 0 Å². The first kappa shape index (κ1) is 21.4. The number of ether oxygens (including phenoxy) is 2. The molecular weight excluding hydrogens is 400 g/mol. The monoisotopic (exact) mass is 426 g/mol. The Morgan fingerprint density at radius 1 is 0.906 bits per heavy atom. The van der Waals surface area contributed by atoms with E-state index in [2.05, 4.69) is 41.7 Å². The molecule has 0 bridgehead atoms. The zero-order valence-electron chi connectivity index (χ0n) is 18.0. The molecule has 0 atom stereocenters. The van der Waals surface area contributed by atoms with Crippen LogP contribution in [0.1, 0.15) is 5.56 Å². The molecule has 0 aliphatic carbocycles. The summed E-state index contributed by atoms with van der Waals surface area (Å²) in [6, 6.07) is 28.0. The van der Waals surface area contributed by atoms with Crippen LogP contribution in [0.2, 0.25) is 0 Å². The Balaban J connectivity index is 1.50. The number of carbonyl (C=O) groups excluding carboxylic acids is 1. The van der Waals surface area contributed by atoms with E-state index in [0.29, 0.717) is 24.7 Å². The van der Waals surface area contributed by atoms with Gasteiger partial charge in [0.15, 0.2) is 11.5 Å². The zero-order valence-corrected chi connectivity index (χ0v) is 18.0. The van der Waals surface area contributed by atoms with Crippen molar-refractivity contribution in [2.45, 2.75) is 6.42 Å². The summed E-state index contributed by atoms with van der Waals surface area (Å²) in [4.78, 5) is 12.7. The van der Waals surface area contributed by atoms with Crippen LogP contribution in [-0.2, 0) is 11.2 Å². The number of hydrogen-bond donors (Lipinski definition) is 2. The van der Waals surface area contributed by atoms with Gasteiger partial charge in [0.2, 0.25) is 5.91 Å². The molecule has 0 aliphatic rings. The molecule has 5 heteroatoms. The smallest absolute Gasteiger partial charge is 0.228 e. The number of nitrogens with one attached hydrogen (secondary N) is 1. The highest BCUT2D eigenvalue weighted by Gasteiger charge is 2.10. The van der Waals surface area contributed by atoms with E-state index in [1.165, 1.54) is 10.8 Å². The number of nitrogens with two attached hydrogens (primary N) is 1. The summed E-state index contributed by atoms with van der Waals surface area (Å²) in [5.74, 6) is 1.10. The first-order valence-corrected chi connectivity index (χ1v) is 10.6. The number of hydrogen-bond acceptors (Lipinski definition) is 4. The van der Waals surface area contributed by atoms with Crippen molar-refractivity contribution >= 4 is 22.4 Å². The first-order valence-electron chi connectivity index (χ1n) is 10.6. The van der Waals surface area contributed by atoms with E-state index in [4.69, 9.17) is 15.2 Å². The number of methoxy groups -OCH3 is 1. The molecule has 0 saturated heterocycles. The van der Waals surface area contributed by atoms with Gasteiger partial charge in [0, 0.05) is 12.2 Å². The fourth-order valence-electron chi connectivity index (χ4n) is 3.74. The van der Waals surface area contributed by atoms with Crippen molar-refractivity contribution in [1.29, 1.82) is 0 Å². The highest BCUT2D eigenvalue weighted by Crippen LogP contribution is 2.31. The van der Waals surface area contributed by atoms with Crippen molar-refractivity contribution in [3.8, 4) is 22.6 Å². The Morgan fingerprint density at radius 2 is 1.72 bits per heavy atom. The van der Waals surface area contributed by atoms with Crippen molar-refractivity contribution in [3.63, 3.8) is 0 Å². The summed E-state index contributed by atoms with van der Waals surface area (Å²) in [7, 11) is 1.58. The highest BCUT2D eigenvalue weighted by molar-refractivity contribution is 5.98. The molecule has 1 amide bonds. The molecule has 32 heavy (non-hydrogen) atoms. The second-order valence-electron chi connectivity index (χ2n) is 7.45. The van der Waals surface area contributed by atoms with Crippen molar-refractivity contribution < 1.29 is 14.3 Å². The molecule has 4 rings (SSSR count). The van der Waals surface area contributed by atoms with Gasteiger partial charge in [-0.3, -0.25) is 4.79 Å². The molecule has 0 fully saturated rings. The summed E-state index contributed by atoms with van der Waals surface area (Å²) in [6.07, 6.45) is 0.228. The zero-order chi connectivity index (χ0) is 22.3. The summed E-state index contributed by atoms with van der Waals surface area (Å²) in [6.45, 7) is 0.828. The van der Waals surface area contributed by atoms with E-state index in [9.17, 15) is 4.79 Å². The van der Waals surface area contributed by atoms with Crippen molar-refractivity contribution in [2.24, 2.45) is 5.73 Å². The fraction of sp³-hybridized carbons (Fsp3) is 0.148. The predicted octanol–water partition coefficient (Wildman–Crippen LogP) is 5.03. The Hall–Kier alpha value is -3.83. The Kier molecular flexibility index (Phi) is 6.68. The van der Waals surface area contributed by atoms with Gasteiger partial charge in [0.05, 0.1) is 13.5 Å². The third-order valence-corrected chi connectivity index (χ3v) is 5.22. The van der Waals surface area contributed by atoms with Gasteiger partial charge >= 0.3 is 0 Å². The maximum Gasteiger partial charge on any atom is 0.228 e. The summed E-state index contributed by atoms with van der Waals surface area (Å²) >= 11 is 0. The molecule has 4 aromatic carbocycles. The molecule has 0 radical (unpaired) electrons. The van der Waals surface area contributed by atoms with Crippen molar-refractivity contribution in [1.82, 2.24) is 0 Å². The average molecular weight is 427 g/mol. The molecule has 4 aromatic rings. The summed E-state index contributed by atoms with van der Waals surface area (Å²) < 4.78 is 11.0. The van der Waals surface area contributed by atoms with Gasteiger partial charge in [-0.15, -0.1) is 0 Å². The number of fused-ring (bicyclic) bond motifs is 1. The molecular formula is C27H26N2O3. The largest absolute Gasteiger partial charge is 0.493 e. The molecule has 3 N–H and O–H groups in total. The molecule has 5 nitrogen and oxygen atoms in total. The quantitative estimate of drug-likeness (QED) is 0.414. The van der Waals surface area contributed by atoms with Gasteiger partial charge in [-0.25, -0.2) is 0 Å². The van der Waals surface area contributed by atoms with Crippen molar-refractivity contribution in [2.75, 3.05) is 25.6 Å². The Bertz CT molecular complexity index is 1230. The van der Waals surface area contributed by atoms with E-state index >= 15 is 0 Å². The maximum absolute atomic E-state index is 12.7. The molecule has 0 heterocycles. The molecule has 0 spiro atoms. The van der Waals surface area contributed by atoms with E-state index < -0.39 is 0 Å². The Morgan fingerprint density at radius 3 is 2.56 bits per heavy atom. The van der Waals surface area contributed by atoms with Crippen LogP contribution in [-0.4, -0.2) is 26.2 Å². The van der Waals surface area contributed by atoms with E-state index in [1.54, 1.807) is 13.2 Å². The summed E-state index contributed by atoms with van der Waals surface area (Å²) in [5.41, 5.74) is 9.28. The average Bonchev–Trinajstić information content (AvgIpc) is 2.83. The number of benzene rings is 4. The number of rotatable bonds is 8. The molecule has 0 aliphatic heterocycles. The van der Waals surface area contributed by atoms with Crippen LogP contribution < -0.4 is 20.5 Å². The Labute approximate surface area is 187 Å². The van der Waals surface area contributed by atoms with E-state index in [-0.39, 0.29) is 12.3 Å². The van der Waals surface area contributed by atoms with Crippen LogP contribution in [0.4, 0.5) is 5.69 Å². The maximum atomic E-state index is 12.7. The second-order valence-corrected chi connectivity index (χ2v) is 7.45. The second kappa shape index (κ2) is 9.98. The summed E-state index contributed by atoms with van der Waals surface area (Å²) in [5, 5.41) is 5.38. The predicted molar refractivity (Wildman–Crippen MR) is 129 cm³/mol. The first-order chi connectivity index (χ1) is 15.7. The lowest BCUT2D eigenvalue weighted by Gasteiger charge is -2.12. The standard InChI is InChI=1S/C27H26N2O3/c1-31-26-16-19(12-13-25(26)32-15-14-28)17-27(30)29-22-9-4-8-21(18-22)24-11-5-7-20-6-2-3-10-23(20)24/h2-13,16,18H,14-15,17,28H2,1H3,(H,29,30). The number of amides is 1. The van der Waals surface area contributed by atoms with Gasteiger partial charge in [0.25, 0.3) is 0 Å². The van der Waals surface area contributed by atoms with Gasteiger partial charge < -0.3 is 20.5 Å². The third-order valence-electron chi connectivity index (χ3n) is 5.22. The minimum absolute atomic E-state index is 0.0993. The van der Waals surface area contributed by atoms with Crippen LogP contribution in [0.3, 0.4) is 0 Å². The molecule has 0 aromatic heterocycles. The lowest BCUT2D eigenvalue weighted by Crippen LogP contribution is -2.14. The third kappa shape index (κ3) is 4.90. The van der Waals surface area contributed by atoms with Gasteiger partial charge in [-0.2, -0.15) is 0 Å². The molecule has 162 valence electrons. The van der Waals surface area contributed by atoms with Crippen LogP contribution in [0.25, 0.3) is 21.9 Å². The lowest BCUT2D eigenvalue weighted by atomic mass is 9.98. The topological polar surface area (TPSA) is 73.6 Å². The van der Waals surface area contributed by atoms with Gasteiger partial charge in [0.1, 0.15) is 6.61 Å². The van der Waals surface area contributed by atoms with Gasteiger partial charge in [-0.05, 0) is 51.7 Å². The number of carbonyl (C=O) groups is 1. The molecule has 0 unspecified atom stereocenters. The molecule has 0 saturated carbocycles. The van der Waals surface area contributed by atoms with Crippen LogP contribution in [0, 0.1) is 0 Å². The van der Waals surface area contributed by atoms with Gasteiger partial charge in [-0.1, -0.05) is 60.7 Å².